The predicted molar refractivity (Wildman–Crippen MR) is 75.7 cm³/mol. The number of nitrogens with zero attached hydrogens (tertiary/aromatic N) is 2. The minimum atomic E-state index is -0.947. The smallest absolute Gasteiger partial charge is 0.329 e. The topological polar surface area (TPSA) is 70.1 Å². The largest absolute Gasteiger partial charge is 0.480 e. The van der Waals surface area contributed by atoms with Crippen LogP contribution < -0.4 is 0 Å². The van der Waals surface area contributed by atoms with Crippen molar-refractivity contribution in [1.29, 1.82) is 0 Å². The van der Waals surface area contributed by atoms with Gasteiger partial charge in [-0.3, -0.25) is 0 Å². The number of amides is 2. The first-order valence-corrected chi connectivity index (χ1v) is 7.27. The summed E-state index contributed by atoms with van der Waals surface area (Å²) in [6.45, 7) is 6.03. The first-order valence-electron chi connectivity index (χ1n) is 7.27. The normalized spacial score (nSPS) is 17.9. The molecule has 0 aromatic rings. The van der Waals surface area contributed by atoms with Gasteiger partial charge in [0.05, 0.1) is 6.10 Å². The van der Waals surface area contributed by atoms with Gasteiger partial charge in [0.1, 0.15) is 6.61 Å². The molecule has 6 heteroatoms. The minimum absolute atomic E-state index is 0.0463. The standard InChI is InChI=1S/C14H26N2O4/c1-4-11(2)9-15(3)14(19)16-7-5-12(6-8-16)20-10-13(17)18/h11-12H,4-10H2,1-3H3,(H,17,18). The molecular formula is C14H26N2O4. The van der Waals surface area contributed by atoms with Gasteiger partial charge in [-0.1, -0.05) is 20.3 Å². The van der Waals surface area contributed by atoms with Crippen LogP contribution in [-0.4, -0.2) is 66.3 Å². The van der Waals surface area contributed by atoms with Crippen LogP contribution in [0.5, 0.6) is 0 Å². The molecule has 1 aliphatic heterocycles. The SMILES string of the molecule is CCC(C)CN(C)C(=O)N1CCC(OCC(=O)O)CC1. The molecule has 20 heavy (non-hydrogen) atoms. The summed E-state index contributed by atoms with van der Waals surface area (Å²) in [5.74, 6) is -0.447. The lowest BCUT2D eigenvalue weighted by Crippen LogP contribution is -2.47. The molecule has 0 bridgehead atoms. The molecule has 0 spiro atoms. The number of carboxylic acids is 1. The fraction of sp³-hybridized carbons (Fsp3) is 0.857. The van der Waals surface area contributed by atoms with E-state index in [1.54, 1.807) is 4.90 Å². The van der Waals surface area contributed by atoms with Crippen LogP contribution >= 0.6 is 0 Å². The molecule has 6 nitrogen and oxygen atoms in total. The van der Waals surface area contributed by atoms with E-state index in [2.05, 4.69) is 13.8 Å². The van der Waals surface area contributed by atoms with Crippen molar-refractivity contribution in [2.24, 2.45) is 5.92 Å². The highest BCUT2D eigenvalue weighted by Gasteiger charge is 2.25. The summed E-state index contributed by atoms with van der Waals surface area (Å²) in [7, 11) is 1.83. The summed E-state index contributed by atoms with van der Waals surface area (Å²) in [5.41, 5.74) is 0. The maximum atomic E-state index is 12.2. The lowest BCUT2D eigenvalue weighted by Gasteiger charge is -2.35. The number of urea groups is 1. The van der Waals surface area contributed by atoms with Crippen molar-refractivity contribution in [3.05, 3.63) is 0 Å². The molecule has 0 radical (unpaired) electrons. The van der Waals surface area contributed by atoms with Crippen molar-refractivity contribution < 1.29 is 19.4 Å². The van der Waals surface area contributed by atoms with Gasteiger partial charge in [-0.15, -0.1) is 0 Å². The molecule has 2 amide bonds. The average Bonchev–Trinajstić information content (AvgIpc) is 2.44. The summed E-state index contributed by atoms with van der Waals surface area (Å²) >= 11 is 0. The van der Waals surface area contributed by atoms with E-state index in [4.69, 9.17) is 9.84 Å². The average molecular weight is 286 g/mol. The Labute approximate surface area is 120 Å². The minimum Gasteiger partial charge on any atom is -0.480 e. The molecular weight excluding hydrogens is 260 g/mol. The fourth-order valence-electron chi connectivity index (χ4n) is 2.32. The predicted octanol–water partition coefficient (Wildman–Crippen LogP) is 1.65. The summed E-state index contributed by atoms with van der Waals surface area (Å²) in [5, 5.41) is 8.57. The van der Waals surface area contributed by atoms with Crippen LogP contribution in [-0.2, 0) is 9.53 Å². The number of hydrogen-bond donors (Lipinski definition) is 1. The molecule has 1 heterocycles. The lowest BCUT2D eigenvalue weighted by atomic mass is 10.1. The molecule has 116 valence electrons. The zero-order valence-electron chi connectivity index (χ0n) is 12.7. The Bertz CT molecular complexity index is 327. The van der Waals surface area contributed by atoms with Gasteiger partial charge in [0.2, 0.25) is 0 Å². The zero-order valence-corrected chi connectivity index (χ0v) is 12.7. The molecule has 1 fully saturated rings. The Morgan fingerprint density at radius 3 is 2.50 bits per heavy atom. The highest BCUT2D eigenvalue weighted by Crippen LogP contribution is 2.15. The van der Waals surface area contributed by atoms with E-state index < -0.39 is 5.97 Å². The van der Waals surface area contributed by atoms with E-state index in [9.17, 15) is 9.59 Å². The number of carboxylic acid groups (broad SMARTS) is 1. The third-order valence-electron chi connectivity index (χ3n) is 3.76. The second-order valence-electron chi connectivity index (χ2n) is 5.57. The molecule has 0 aliphatic carbocycles. The summed E-state index contributed by atoms with van der Waals surface area (Å²) in [6.07, 6.45) is 2.42. The van der Waals surface area contributed by atoms with Crippen LogP contribution in [0.2, 0.25) is 0 Å². The lowest BCUT2D eigenvalue weighted by molar-refractivity contribution is -0.145. The van der Waals surface area contributed by atoms with Crippen LogP contribution in [0.25, 0.3) is 0 Å². The number of carbonyl (C=O) groups is 2. The van der Waals surface area contributed by atoms with E-state index in [0.717, 1.165) is 13.0 Å². The summed E-state index contributed by atoms with van der Waals surface area (Å²) in [4.78, 5) is 26.3. The van der Waals surface area contributed by atoms with Gasteiger partial charge in [0, 0.05) is 26.7 Å². The molecule has 0 saturated carbocycles. The van der Waals surface area contributed by atoms with Gasteiger partial charge in [-0.2, -0.15) is 0 Å². The summed E-state index contributed by atoms with van der Waals surface area (Å²) < 4.78 is 5.26. The zero-order chi connectivity index (χ0) is 15.1. The van der Waals surface area contributed by atoms with Gasteiger partial charge in [-0.05, 0) is 18.8 Å². The number of carbonyl (C=O) groups excluding carboxylic acids is 1. The van der Waals surface area contributed by atoms with Crippen molar-refractivity contribution in [1.82, 2.24) is 9.80 Å². The Hall–Kier alpha value is -1.30. The number of hydrogen-bond acceptors (Lipinski definition) is 3. The van der Waals surface area contributed by atoms with Crippen molar-refractivity contribution in [3.63, 3.8) is 0 Å². The summed E-state index contributed by atoms with van der Waals surface area (Å²) in [6, 6.07) is 0.0574. The molecule has 1 saturated heterocycles. The van der Waals surface area contributed by atoms with Crippen molar-refractivity contribution in [2.75, 3.05) is 33.3 Å². The first-order chi connectivity index (χ1) is 9.43. The van der Waals surface area contributed by atoms with Crippen molar-refractivity contribution in [2.45, 2.75) is 39.2 Å². The number of aliphatic carboxylic acids is 1. The van der Waals surface area contributed by atoms with E-state index in [0.29, 0.717) is 31.8 Å². The molecule has 1 N–H and O–H groups in total. The third-order valence-corrected chi connectivity index (χ3v) is 3.76. The van der Waals surface area contributed by atoms with E-state index in [1.165, 1.54) is 0 Å². The number of likely N-dealkylation sites (tertiary alicyclic amines) is 1. The van der Waals surface area contributed by atoms with E-state index in [1.807, 2.05) is 11.9 Å². The van der Waals surface area contributed by atoms with Gasteiger partial charge in [0.25, 0.3) is 0 Å². The van der Waals surface area contributed by atoms with Crippen LogP contribution in [0.1, 0.15) is 33.1 Å². The fourth-order valence-corrected chi connectivity index (χ4v) is 2.32. The Balaban J connectivity index is 2.33. The van der Waals surface area contributed by atoms with Crippen LogP contribution in [0.4, 0.5) is 4.79 Å². The van der Waals surface area contributed by atoms with Crippen LogP contribution in [0, 0.1) is 5.92 Å². The second kappa shape index (κ2) is 8.09. The van der Waals surface area contributed by atoms with Crippen molar-refractivity contribution >= 4 is 12.0 Å². The quantitative estimate of drug-likeness (QED) is 0.806. The monoisotopic (exact) mass is 286 g/mol. The Morgan fingerprint density at radius 1 is 1.40 bits per heavy atom. The molecule has 1 atom stereocenters. The van der Waals surface area contributed by atoms with Gasteiger partial charge >= 0.3 is 12.0 Å². The number of ether oxygens (including phenoxy) is 1. The maximum Gasteiger partial charge on any atom is 0.329 e. The highest BCUT2D eigenvalue weighted by atomic mass is 16.5. The van der Waals surface area contributed by atoms with Crippen LogP contribution in [0.3, 0.4) is 0 Å². The molecule has 0 aromatic carbocycles. The molecule has 1 unspecified atom stereocenters. The second-order valence-corrected chi connectivity index (χ2v) is 5.57. The van der Waals surface area contributed by atoms with E-state index >= 15 is 0 Å². The Kier molecular flexibility index (Phi) is 6.78. The number of rotatable bonds is 6. The highest BCUT2D eigenvalue weighted by molar-refractivity contribution is 5.74. The van der Waals surface area contributed by atoms with E-state index in [-0.39, 0.29) is 18.7 Å². The molecule has 1 aliphatic rings. The Morgan fingerprint density at radius 2 is 2.00 bits per heavy atom. The van der Waals surface area contributed by atoms with Crippen molar-refractivity contribution in [3.8, 4) is 0 Å². The van der Waals surface area contributed by atoms with Gasteiger partial charge < -0.3 is 19.6 Å². The third kappa shape index (κ3) is 5.36. The number of piperidine rings is 1. The molecule has 0 aromatic heterocycles. The van der Waals surface area contributed by atoms with Crippen LogP contribution in [0.15, 0.2) is 0 Å². The first kappa shape index (κ1) is 16.8. The maximum absolute atomic E-state index is 12.2. The molecule has 1 rings (SSSR count). The van der Waals surface area contributed by atoms with Gasteiger partial charge in [-0.25, -0.2) is 9.59 Å². The van der Waals surface area contributed by atoms with Gasteiger partial charge in [0.15, 0.2) is 0 Å².